The normalized spacial score (nSPS) is 19.4. The molecular weight excluding hydrogens is 262 g/mol. The molecule has 2 N–H and O–H groups in total. The van der Waals surface area contributed by atoms with E-state index in [1.54, 1.807) is 4.90 Å². The molecule has 20 heavy (non-hydrogen) atoms. The van der Waals surface area contributed by atoms with Crippen LogP contribution in [0.4, 0.5) is 11.4 Å². The number of amides is 1. The second kappa shape index (κ2) is 5.87. The minimum absolute atomic E-state index is 0.0543. The number of hydrogen-bond acceptors (Lipinski definition) is 5. The van der Waals surface area contributed by atoms with Crippen molar-refractivity contribution in [2.45, 2.75) is 19.4 Å². The Balaban J connectivity index is 2.28. The van der Waals surface area contributed by atoms with Crippen LogP contribution in [0.5, 0.6) is 0 Å². The Kier molecular flexibility index (Phi) is 4.19. The molecule has 1 aromatic rings. The molecule has 1 aliphatic rings. The number of nitro groups is 1. The fraction of sp³-hybridized carbons (Fsp3) is 0.462. The Morgan fingerprint density at radius 3 is 3.00 bits per heavy atom. The summed E-state index contributed by atoms with van der Waals surface area (Å²) in [5.41, 5.74) is 5.60. The largest absolute Gasteiger partial charge is 0.393 e. The molecule has 1 unspecified atom stereocenters. The number of anilines is 1. The van der Waals surface area contributed by atoms with Gasteiger partial charge in [-0.3, -0.25) is 14.9 Å². The van der Waals surface area contributed by atoms with Crippen molar-refractivity contribution in [2.75, 3.05) is 25.4 Å². The van der Waals surface area contributed by atoms with Crippen molar-refractivity contribution in [2.24, 2.45) is 0 Å². The van der Waals surface area contributed by atoms with E-state index in [2.05, 4.69) is 0 Å². The Morgan fingerprint density at radius 2 is 2.30 bits per heavy atom. The Morgan fingerprint density at radius 1 is 1.55 bits per heavy atom. The summed E-state index contributed by atoms with van der Waals surface area (Å²) in [6, 6.07) is 4.28. The first-order chi connectivity index (χ1) is 9.50. The highest BCUT2D eigenvalue weighted by Gasteiger charge is 2.25. The van der Waals surface area contributed by atoms with E-state index in [1.165, 1.54) is 18.2 Å². The molecule has 1 saturated heterocycles. The number of hydrogen-bond donors (Lipinski definition) is 1. The highest BCUT2D eigenvalue weighted by atomic mass is 16.6. The molecule has 1 amide bonds. The van der Waals surface area contributed by atoms with E-state index in [-0.39, 0.29) is 28.9 Å². The number of carbonyl (C=O) groups is 1. The Labute approximate surface area is 116 Å². The van der Waals surface area contributed by atoms with Gasteiger partial charge in [0.25, 0.3) is 11.6 Å². The van der Waals surface area contributed by atoms with E-state index in [9.17, 15) is 14.9 Å². The summed E-state index contributed by atoms with van der Waals surface area (Å²) in [6.07, 6.45) is 0.687. The van der Waals surface area contributed by atoms with Gasteiger partial charge in [-0.25, -0.2) is 0 Å². The predicted molar refractivity (Wildman–Crippen MR) is 73.4 cm³/mol. The van der Waals surface area contributed by atoms with E-state index >= 15 is 0 Å². The number of nitro benzene ring substituents is 1. The lowest BCUT2D eigenvalue weighted by Crippen LogP contribution is -2.36. The van der Waals surface area contributed by atoms with Crippen molar-refractivity contribution in [3.63, 3.8) is 0 Å². The third-order valence-electron chi connectivity index (χ3n) is 3.25. The molecule has 1 heterocycles. The zero-order valence-electron chi connectivity index (χ0n) is 11.2. The molecule has 7 heteroatoms. The van der Waals surface area contributed by atoms with Crippen LogP contribution >= 0.6 is 0 Å². The van der Waals surface area contributed by atoms with Crippen molar-refractivity contribution >= 4 is 17.3 Å². The lowest BCUT2D eigenvalue weighted by atomic mass is 10.1. The van der Waals surface area contributed by atoms with E-state index in [4.69, 9.17) is 10.5 Å². The zero-order valence-corrected chi connectivity index (χ0v) is 11.2. The van der Waals surface area contributed by atoms with E-state index < -0.39 is 4.92 Å². The van der Waals surface area contributed by atoms with Gasteiger partial charge < -0.3 is 15.4 Å². The average molecular weight is 279 g/mol. The number of nitrogens with two attached hydrogens (primary N) is 1. The molecule has 0 spiro atoms. The number of carbonyl (C=O) groups excluding carboxylic acids is 1. The predicted octanol–water partition coefficient (Wildman–Crippen LogP) is 1.43. The van der Waals surface area contributed by atoms with Crippen molar-refractivity contribution in [1.82, 2.24) is 4.90 Å². The zero-order chi connectivity index (χ0) is 14.7. The van der Waals surface area contributed by atoms with E-state index in [0.29, 0.717) is 19.7 Å². The summed E-state index contributed by atoms with van der Waals surface area (Å²) in [5.74, 6) is -0.288. The topological polar surface area (TPSA) is 98.7 Å². The summed E-state index contributed by atoms with van der Waals surface area (Å²) < 4.78 is 5.48. The molecule has 1 atom stereocenters. The first kappa shape index (κ1) is 14.3. The van der Waals surface area contributed by atoms with Crippen LogP contribution in [0.3, 0.4) is 0 Å². The van der Waals surface area contributed by atoms with Crippen molar-refractivity contribution < 1.29 is 14.5 Å². The van der Waals surface area contributed by atoms with Crippen LogP contribution in [0, 0.1) is 10.1 Å². The average Bonchev–Trinajstić information content (AvgIpc) is 2.62. The molecule has 1 aromatic carbocycles. The molecule has 0 aromatic heterocycles. The lowest BCUT2D eigenvalue weighted by Gasteiger charge is -2.22. The number of ether oxygens (including phenoxy) is 1. The van der Waals surface area contributed by atoms with E-state index in [1.807, 2.05) is 6.92 Å². The second-order valence-corrected chi connectivity index (χ2v) is 4.78. The molecule has 1 aliphatic heterocycles. The summed E-state index contributed by atoms with van der Waals surface area (Å²) in [4.78, 5) is 24.4. The fourth-order valence-electron chi connectivity index (χ4n) is 2.25. The minimum Gasteiger partial charge on any atom is -0.393 e. The van der Waals surface area contributed by atoms with Gasteiger partial charge in [0.15, 0.2) is 0 Å². The third kappa shape index (κ3) is 2.88. The molecule has 0 aliphatic carbocycles. The van der Waals surface area contributed by atoms with Crippen LogP contribution < -0.4 is 5.73 Å². The van der Waals surface area contributed by atoms with E-state index in [0.717, 1.165) is 6.42 Å². The van der Waals surface area contributed by atoms with Gasteiger partial charge in [-0.2, -0.15) is 0 Å². The summed E-state index contributed by atoms with van der Waals surface area (Å²) in [6.45, 7) is 3.52. The Hall–Kier alpha value is -2.15. The maximum Gasteiger partial charge on any atom is 0.292 e. The summed E-state index contributed by atoms with van der Waals surface area (Å²) >= 11 is 0. The van der Waals surface area contributed by atoms with Crippen molar-refractivity contribution in [3.05, 3.63) is 33.9 Å². The van der Waals surface area contributed by atoms with Crippen LogP contribution in [0.2, 0.25) is 0 Å². The van der Waals surface area contributed by atoms with Gasteiger partial charge in [-0.05, 0) is 19.4 Å². The number of nitrogens with zero attached hydrogens (tertiary/aromatic N) is 2. The van der Waals surface area contributed by atoms with Gasteiger partial charge in [0.2, 0.25) is 0 Å². The Bertz CT molecular complexity index is 532. The summed E-state index contributed by atoms with van der Waals surface area (Å²) in [5, 5.41) is 10.9. The maximum atomic E-state index is 12.5. The first-order valence-electron chi connectivity index (χ1n) is 6.44. The van der Waals surface area contributed by atoms with Gasteiger partial charge in [0.05, 0.1) is 16.6 Å². The fourth-order valence-corrected chi connectivity index (χ4v) is 2.25. The molecule has 0 bridgehead atoms. The molecular formula is C13H17N3O4. The molecule has 7 nitrogen and oxygen atoms in total. The number of benzene rings is 1. The van der Waals surface area contributed by atoms with Crippen LogP contribution in [-0.4, -0.2) is 41.5 Å². The highest BCUT2D eigenvalue weighted by Crippen LogP contribution is 2.26. The van der Waals surface area contributed by atoms with Crippen LogP contribution in [0.1, 0.15) is 23.7 Å². The molecule has 1 fully saturated rings. The smallest absolute Gasteiger partial charge is 0.292 e. The number of rotatable bonds is 2. The third-order valence-corrected chi connectivity index (χ3v) is 3.25. The molecule has 0 radical (unpaired) electrons. The van der Waals surface area contributed by atoms with Gasteiger partial charge in [0, 0.05) is 25.8 Å². The quantitative estimate of drug-likeness (QED) is 0.501. The molecule has 2 rings (SSSR count). The summed E-state index contributed by atoms with van der Waals surface area (Å²) in [7, 11) is 0. The van der Waals surface area contributed by atoms with Crippen LogP contribution in [0.15, 0.2) is 18.2 Å². The number of para-hydroxylation sites is 1. The van der Waals surface area contributed by atoms with Gasteiger partial charge in [0.1, 0.15) is 5.69 Å². The number of nitrogen functional groups attached to an aromatic ring is 1. The standard InChI is InChI=1S/C13H17N3O4/c1-9-8-15(6-3-7-20-9)13(17)10-4-2-5-11(12(10)14)16(18)19/h2,4-5,9H,3,6-8,14H2,1H3. The maximum absolute atomic E-state index is 12.5. The molecule has 0 saturated carbocycles. The van der Waals surface area contributed by atoms with Crippen LogP contribution in [-0.2, 0) is 4.74 Å². The first-order valence-corrected chi connectivity index (χ1v) is 6.44. The van der Waals surface area contributed by atoms with Crippen LogP contribution in [0.25, 0.3) is 0 Å². The SMILES string of the molecule is CC1CN(C(=O)c2cccc([N+](=O)[O-])c2N)CCCO1. The van der Waals surface area contributed by atoms with Gasteiger partial charge >= 0.3 is 0 Å². The molecule has 108 valence electrons. The van der Waals surface area contributed by atoms with Gasteiger partial charge in [-0.15, -0.1) is 0 Å². The van der Waals surface area contributed by atoms with Crippen molar-refractivity contribution in [3.8, 4) is 0 Å². The minimum atomic E-state index is -0.583. The highest BCUT2D eigenvalue weighted by molar-refractivity contribution is 6.01. The van der Waals surface area contributed by atoms with Crippen molar-refractivity contribution in [1.29, 1.82) is 0 Å². The second-order valence-electron chi connectivity index (χ2n) is 4.78. The van der Waals surface area contributed by atoms with Gasteiger partial charge in [-0.1, -0.05) is 6.07 Å². The lowest BCUT2D eigenvalue weighted by molar-refractivity contribution is -0.383. The monoisotopic (exact) mass is 279 g/mol.